The molecule has 0 aromatic heterocycles. The molecule has 1 spiro atoms. The summed E-state index contributed by atoms with van der Waals surface area (Å²) in [7, 11) is 0. The highest BCUT2D eigenvalue weighted by atomic mass is 19.1. The average Bonchev–Trinajstić information content (AvgIpc) is 3.30. The van der Waals surface area contributed by atoms with Gasteiger partial charge in [0.1, 0.15) is 11.7 Å². The third-order valence-corrected chi connectivity index (χ3v) is 10.2. The Morgan fingerprint density at radius 1 is 1.11 bits per heavy atom. The van der Waals surface area contributed by atoms with Crippen LogP contribution in [0.2, 0.25) is 0 Å². The summed E-state index contributed by atoms with van der Waals surface area (Å²) in [6, 6.07) is 14.9. The second-order valence-electron chi connectivity index (χ2n) is 12.7. The molecule has 0 bridgehead atoms. The molecule has 1 aliphatic carbocycles. The van der Waals surface area contributed by atoms with Crippen LogP contribution in [0.25, 0.3) is 0 Å². The van der Waals surface area contributed by atoms with Crippen molar-refractivity contribution in [3.8, 4) is 0 Å². The third kappa shape index (κ3) is 4.70. The normalized spacial score (nSPS) is 32.2. The molecule has 6 rings (SSSR count). The number of carbonyl (C=O) groups is 1. The van der Waals surface area contributed by atoms with E-state index in [-0.39, 0.29) is 29.8 Å². The minimum atomic E-state index is -0.609. The van der Waals surface area contributed by atoms with E-state index in [1.165, 1.54) is 37.7 Å². The Morgan fingerprint density at radius 3 is 2.68 bits per heavy atom. The van der Waals surface area contributed by atoms with Gasteiger partial charge in [-0.05, 0) is 80.5 Å². The van der Waals surface area contributed by atoms with Crippen LogP contribution < -0.4 is 5.32 Å². The zero-order chi connectivity index (χ0) is 26.3. The maximum atomic E-state index is 15.8. The number of nitrogens with zero attached hydrogens (tertiary/aromatic N) is 1. The Balaban J connectivity index is 1.34. The number of ether oxygens (including phenoxy) is 1. The standard InChI is InChI=1S/C33H43FN2O2/c1-22-15-27-17-23(2)38-21-33(31(27)29(34)16-22)20-35-19-28(33)32(37)36-14-13-26(24-9-5-3-6-10-24)18-30(36)25-11-7-4-8-12-25/h3,5-6,9-10,15-16,23,25-26,28,30,35H,4,7-8,11-14,17-21H2,1-2H3/p+1/t23-,26+,28-,30-,33-/m0/s1. The van der Waals surface area contributed by atoms with Gasteiger partial charge in [-0.2, -0.15) is 0 Å². The van der Waals surface area contributed by atoms with Gasteiger partial charge in [0.05, 0.1) is 31.2 Å². The van der Waals surface area contributed by atoms with Crippen LogP contribution in [0.1, 0.15) is 80.0 Å². The molecular weight excluding hydrogens is 475 g/mol. The Bertz CT molecular complexity index is 1150. The highest BCUT2D eigenvalue weighted by Crippen LogP contribution is 2.44. The summed E-state index contributed by atoms with van der Waals surface area (Å²) < 4.78 is 22.2. The van der Waals surface area contributed by atoms with E-state index in [0.717, 1.165) is 36.1 Å². The number of fused-ring (bicyclic) bond motifs is 2. The molecule has 3 aliphatic heterocycles. The second kappa shape index (κ2) is 10.7. The van der Waals surface area contributed by atoms with Gasteiger partial charge in [0.2, 0.25) is 5.91 Å². The number of nitrogens with two attached hydrogens (primary N) is 1. The third-order valence-electron chi connectivity index (χ3n) is 10.2. The number of benzene rings is 2. The maximum Gasteiger partial charge on any atom is 0.232 e. The first kappa shape index (κ1) is 26.0. The summed E-state index contributed by atoms with van der Waals surface area (Å²) in [6.07, 6.45) is 9.04. The van der Waals surface area contributed by atoms with Crippen molar-refractivity contribution in [2.45, 2.75) is 88.7 Å². The highest BCUT2D eigenvalue weighted by Gasteiger charge is 2.56. The van der Waals surface area contributed by atoms with Gasteiger partial charge in [-0.3, -0.25) is 4.79 Å². The second-order valence-corrected chi connectivity index (χ2v) is 12.7. The van der Waals surface area contributed by atoms with Crippen LogP contribution in [0.5, 0.6) is 0 Å². The number of hydrogen-bond donors (Lipinski definition) is 1. The van der Waals surface area contributed by atoms with Crippen LogP contribution in [-0.2, 0) is 21.4 Å². The Morgan fingerprint density at radius 2 is 1.89 bits per heavy atom. The molecule has 204 valence electrons. The first-order valence-corrected chi connectivity index (χ1v) is 15.0. The minimum absolute atomic E-state index is 0.0160. The van der Waals surface area contributed by atoms with E-state index in [4.69, 9.17) is 4.74 Å². The molecular formula is C33H44FN2O2+. The van der Waals surface area contributed by atoms with Gasteiger partial charge in [0.15, 0.2) is 0 Å². The molecule has 4 aliphatic rings. The molecule has 2 aromatic rings. The van der Waals surface area contributed by atoms with Crippen molar-refractivity contribution < 1.29 is 19.2 Å². The van der Waals surface area contributed by atoms with Crippen LogP contribution in [0.15, 0.2) is 42.5 Å². The van der Waals surface area contributed by atoms with E-state index < -0.39 is 5.41 Å². The molecule has 3 heterocycles. The molecule has 38 heavy (non-hydrogen) atoms. The average molecular weight is 520 g/mol. The van der Waals surface area contributed by atoms with Gasteiger partial charge in [0, 0.05) is 18.2 Å². The van der Waals surface area contributed by atoms with E-state index in [1.807, 2.05) is 6.92 Å². The van der Waals surface area contributed by atoms with Crippen LogP contribution in [0, 0.1) is 24.6 Å². The van der Waals surface area contributed by atoms with Crippen LogP contribution >= 0.6 is 0 Å². The van der Waals surface area contributed by atoms with Crippen molar-refractivity contribution in [3.05, 3.63) is 70.5 Å². The number of likely N-dealkylation sites (tertiary alicyclic amines) is 1. The quantitative estimate of drug-likeness (QED) is 0.628. The highest BCUT2D eigenvalue weighted by molar-refractivity contribution is 5.82. The molecule has 5 heteroatoms. The largest absolute Gasteiger partial charge is 0.377 e. The smallest absolute Gasteiger partial charge is 0.232 e. The molecule has 3 fully saturated rings. The summed E-state index contributed by atoms with van der Waals surface area (Å²) in [5.74, 6) is 0.891. The first-order valence-electron chi connectivity index (χ1n) is 15.0. The zero-order valence-electron chi connectivity index (χ0n) is 23.1. The minimum Gasteiger partial charge on any atom is -0.377 e. The fourth-order valence-electron chi connectivity index (χ4n) is 8.38. The summed E-state index contributed by atoms with van der Waals surface area (Å²) >= 11 is 0. The van der Waals surface area contributed by atoms with Gasteiger partial charge < -0.3 is 15.0 Å². The number of piperidine rings is 1. The van der Waals surface area contributed by atoms with Crippen molar-refractivity contribution in [2.24, 2.45) is 11.8 Å². The topological polar surface area (TPSA) is 46.1 Å². The molecule has 0 radical (unpaired) electrons. The van der Waals surface area contributed by atoms with Gasteiger partial charge in [-0.25, -0.2) is 4.39 Å². The number of quaternary nitrogens is 1. The molecule has 2 saturated heterocycles. The fraction of sp³-hybridized carbons (Fsp3) is 0.606. The molecule has 5 atom stereocenters. The monoisotopic (exact) mass is 519 g/mol. The van der Waals surface area contributed by atoms with Crippen molar-refractivity contribution in [2.75, 3.05) is 26.2 Å². The molecule has 1 amide bonds. The maximum absolute atomic E-state index is 15.8. The van der Waals surface area contributed by atoms with E-state index in [9.17, 15) is 4.79 Å². The molecule has 2 N–H and O–H groups in total. The number of halogens is 1. The Hall–Kier alpha value is -2.24. The Kier molecular flexibility index (Phi) is 7.34. The van der Waals surface area contributed by atoms with Crippen LogP contribution in [-0.4, -0.2) is 49.2 Å². The van der Waals surface area contributed by atoms with E-state index in [0.29, 0.717) is 38.0 Å². The Labute approximate surface area is 227 Å². The van der Waals surface area contributed by atoms with Crippen molar-refractivity contribution in [1.82, 2.24) is 4.90 Å². The molecule has 2 aromatic carbocycles. The van der Waals surface area contributed by atoms with Crippen molar-refractivity contribution in [3.63, 3.8) is 0 Å². The van der Waals surface area contributed by atoms with Crippen LogP contribution in [0.3, 0.4) is 0 Å². The lowest BCUT2D eigenvalue weighted by Gasteiger charge is -2.46. The van der Waals surface area contributed by atoms with Gasteiger partial charge in [-0.15, -0.1) is 0 Å². The number of carbonyl (C=O) groups excluding carboxylic acids is 1. The van der Waals surface area contributed by atoms with E-state index in [2.05, 4.69) is 53.5 Å². The fourth-order valence-corrected chi connectivity index (χ4v) is 8.38. The molecule has 4 nitrogen and oxygen atoms in total. The van der Waals surface area contributed by atoms with E-state index in [1.54, 1.807) is 6.07 Å². The predicted octanol–water partition coefficient (Wildman–Crippen LogP) is 4.88. The lowest BCUT2D eigenvalue weighted by atomic mass is 9.69. The molecule has 0 unspecified atom stereocenters. The number of aryl methyl sites for hydroxylation is 1. The summed E-state index contributed by atoms with van der Waals surface area (Å²) in [4.78, 5) is 16.9. The van der Waals surface area contributed by atoms with Gasteiger partial charge in [0.25, 0.3) is 0 Å². The van der Waals surface area contributed by atoms with Gasteiger partial charge in [-0.1, -0.05) is 55.7 Å². The zero-order valence-corrected chi connectivity index (χ0v) is 23.1. The summed E-state index contributed by atoms with van der Waals surface area (Å²) in [5, 5.41) is 2.23. The van der Waals surface area contributed by atoms with E-state index >= 15 is 4.39 Å². The van der Waals surface area contributed by atoms with Gasteiger partial charge >= 0.3 is 0 Å². The number of amides is 1. The summed E-state index contributed by atoms with van der Waals surface area (Å²) in [6.45, 7) is 6.67. The first-order chi connectivity index (χ1) is 18.5. The lowest BCUT2D eigenvalue weighted by Crippen LogP contribution is -2.82. The van der Waals surface area contributed by atoms with Crippen molar-refractivity contribution in [1.29, 1.82) is 0 Å². The van der Waals surface area contributed by atoms with Crippen LogP contribution in [0.4, 0.5) is 4.39 Å². The SMILES string of the molecule is Cc1cc(F)c2c(c1)C[C@H](C)OC[C@]21C[NH2+]C[C@H]1C(=O)N1CC[C@@H](c2ccccc2)C[C@H]1C1CCCCC1. The predicted molar refractivity (Wildman–Crippen MR) is 148 cm³/mol. The summed E-state index contributed by atoms with van der Waals surface area (Å²) in [5.41, 5.74) is 3.53. The number of rotatable bonds is 3. The molecule has 1 saturated carbocycles. The van der Waals surface area contributed by atoms with Crippen molar-refractivity contribution >= 4 is 5.91 Å². The number of hydrogen-bond acceptors (Lipinski definition) is 2. The lowest BCUT2D eigenvalue weighted by molar-refractivity contribution is -0.640.